The van der Waals surface area contributed by atoms with Crippen molar-refractivity contribution < 1.29 is 9.47 Å². The summed E-state index contributed by atoms with van der Waals surface area (Å²) in [6.45, 7) is 0.512. The van der Waals surface area contributed by atoms with Crippen LogP contribution in [0.1, 0.15) is 5.56 Å². The molecule has 0 saturated heterocycles. The van der Waals surface area contributed by atoms with E-state index >= 15 is 0 Å². The molecule has 0 aliphatic carbocycles. The van der Waals surface area contributed by atoms with Crippen LogP contribution in [0.2, 0.25) is 10.0 Å². The predicted octanol–water partition coefficient (Wildman–Crippen LogP) is 3.92. The predicted molar refractivity (Wildman–Crippen MR) is 140 cm³/mol. The summed E-state index contributed by atoms with van der Waals surface area (Å²) >= 11 is 12.7. The number of imidazole rings is 2. The molecule has 186 valence electrons. The highest BCUT2D eigenvalue weighted by atomic mass is 35.5. The zero-order valence-electron chi connectivity index (χ0n) is 20.1. The van der Waals surface area contributed by atoms with Gasteiger partial charge in [0, 0.05) is 37.4 Å². The van der Waals surface area contributed by atoms with E-state index in [1.165, 1.54) is 11.6 Å². The van der Waals surface area contributed by atoms with Crippen LogP contribution in [0.25, 0.3) is 28.2 Å². The van der Waals surface area contributed by atoms with Gasteiger partial charge < -0.3 is 14.0 Å². The van der Waals surface area contributed by atoms with Gasteiger partial charge in [0.15, 0.2) is 22.7 Å². The molecule has 3 heterocycles. The van der Waals surface area contributed by atoms with Crippen LogP contribution >= 0.6 is 23.2 Å². The first-order chi connectivity index (χ1) is 17.2. The molecule has 0 unspecified atom stereocenters. The molecule has 0 spiro atoms. The number of hydrogen-bond donors (Lipinski definition) is 0. The monoisotopic (exact) mass is 527 g/mol. The number of methoxy groups -OCH3 is 2. The fraction of sp³-hybridized carbons (Fsp3) is 0.240. The minimum Gasteiger partial charge on any atom is -0.493 e. The Hall–Kier alpha value is -3.69. The summed E-state index contributed by atoms with van der Waals surface area (Å²) in [5.74, 6) is 1.80. The van der Waals surface area contributed by atoms with Crippen LogP contribution in [-0.4, -0.2) is 37.3 Å². The molecule has 11 heteroatoms. The molecule has 0 aliphatic heterocycles. The SMILES string of the molecule is COc1ccc(CCn2c(-c3ccc(Cl)cc3Cl)cn3c4c(=O)n(C)c(=O)n(C)c4nc23)cc1OC. The highest BCUT2D eigenvalue weighted by Crippen LogP contribution is 2.33. The molecule has 3 aromatic heterocycles. The smallest absolute Gasteiger partial charge is 0.332 e. The minimum atomic E-state index is -0.439. The van der Waals surface area contributed by atoms with Gasteiger partial charge in [-0.2, -0.15) is 4.98 Å². The number of rotatable bonds is 6. The standard InChI is InChI=1S/C25H23Cl2N5O4/c1-29-22-21(23(33)30(2)25(29)34)32-13-18(16-7-6-15(26)12-17(16)27)31(24(32)28-22)10-9-14-5-8-19(35-3)20(11-14)36-4/h5-8,11-13H,9-10H2,1-4H3. The number of benzene rings is 2. The summed E-state index contributed by atoms with van der Waals surface area (Å²) in [6.07, 6.45) is 2.45. The van der Waals surface area contributed by atoms with Crippen LogP contribution in [0.15, 0.2) is 52.2 Å². The maximum absolute atomic E-state index is 13.1. The fourth-order valence-electron chi connectivity index (χ4n) is 4.43. The quantitative estimate of drug-likeness (QED) is 0.334. The van der Waals surface area contributed by atoms with Gasteiger partial charge in [0.25, 0.3) is 5.56 Å². The summed E-state index contributed by atoms with van der Waals surface area (Å²) in [5, 5.41) is 0.992. The fourth-order valence-corrected chi connectivity index (χ4v) is 4.93. The van der Waals surface area contributed by atoms with Crippen LogP contribution in [0.5, 0.6) is 11.5 Å². The van der Waals surface area contributed by atoms with Crippen LogP contribution in [0, 0.1) is 0 Å². The van der Waals surface area contributed by atoms with Gasteiger partial charge >= 0.3 is 5.69 Å². The molecule has 0 bridgehead atoms. The van der Waals surface area contributed by atoms with E-state index in [2.05, 4.69) is 0 Å². The number of fused-ring (bicyclic) bond motifs is 3. The third kappa shape index (κ3) is 3.75. The molecule has 9 nitrogen and oxygen atoms in total. The lowest BCUT2D eigenvalue weighted by molar-refractivity contribution is 0.354. The van der Waals surface area contributed by atoms with Crippen molar-refractivity contribution in [3.63, 3.8) is 0 Å². The molecule has 2 aromatic carbocycles. The van der Waals surface area contributed by atoms with Crippen molar-refractivity contribution in [3.8, 4) is 22.8 Å². The van der Waals surface area contributed by atoms with E-state index in [-0.39, 0.29) is 0 Å². The first kappa shape index (κ1) is 24.0. The van der Waals surface area contributed by atoms with E-state index in [1.807, 2.05) is 35.0 Å². The molecule has 0 radical (unpaired) electrons. The van der Waals surface area contributed by atoms with Crippen molar-refractivity contribution in [2.45, 2.75) is 13.0 Å². The normalized spacial score (nSPS) is 11.5. The van der Waals surface area contributed by atoms with Crippen molar-refractivity contribution in [2.75, 3.05) is 14.2 Å². The summed E-state index contributed by atoms with van der Waals surface area (Å²) in [6, 6.07) is 11.0. The molecule has 5 rings (SSSR count). The summed E-state index contributed by atoms with van der Waals surface area (Å²) in [5.41, 5.74) is 2.29. The maximum Gasteiger partial charge on any atom is 0.332 e. The van der Waals surface area contributed by atoms with Gasteiger partial charge in [-0.3, -0.25) is 18.3 Å². The second kappa shape index (κ2) is 9.07. The van der Waals surface area contributed by atoms with Crippen molar-refractivity contribution in [2.24, 2.45) is 14.1 Å². The van der Waals surface area contributed by atoms with Crippen molar-refractivity contribution in [1.82, 2.24) is 23.1 Å². The number of aromatic nitrogens is 5. The van der Waals surface area contributed by atoms with Crippen molar-refractivity contribution >= 4 is 40.1 Å². The van der Waals surface area contributed by atoms with Gasteiger partial charge in [-0.15, -0.1) is 0 Å². The number of ether oxygens (including phenoxy) is 2. The molecular weight excluding hydrogens is 505 g/mol. The Morgan fingerprint density at radius 3 is 2.39 bits per heavy atom. The first-order valence-corrected chi connectivity index (χ1v) is 11.8. The second-order valence-electron chi connectivity index (χ2n) is 8.39. The third-order valence-electron chi connectivity index (χ3n) is 6.34. The van der Waals surface area contributed by atoms with Crippen molar-refractivity contribution in [3.05, 3.63) is 79.0 Å². The number of aryl methyl sites for hydroxylation is 3. The Morgan fingerprint density at radius 2 is 1.69 bits per heavy atom. The molecule has 36 heavy (non-hydrogen) atoms. The average Bonchev–Trinajstić information content (AvgIpc) is 3.41. The third-order valence-corrected chi connectivity index (χ3v) is 6.88. The zero-order valence-corrected chi connectivity index (χ0v) is 21.6. The first-order valence-electron chi connectivity index (χ1n) is 11.1. The van der Waals surface area contributed by atoms with Gasteiger partial charge in [-0.25, -0.2) is 4.79 Å². The van der Waals surface area contributed by atoms with Crippen LogP contribution in [0.3, 0.4) is 0 Å². The molecule has 0 N–H and O–H groups in total. The van der Waals surface area contributed by atoms with Gasteiger partial charge in [0.1, 0.15) is 0 Å². The summed E-state index contributed by atoms with van der Waals surface area (Å²) < 4.78 is 16.9. The van der Waals surface area contributed by atoms with Crippen LogP contribution in [0.4, 0.5) is 0 Å². The second-order valence-corrected chi connectivity index (χ2v) is 9.23. The number of hydrogen-bond acceptors (Lipinski definition) is 5. The number of nitrogens with zero attached hydrogens (tertiary/aromatic N) is 5. The van der Waals surface area contributed by atoms with E-state index in [9.17, 15) is 9.59 Å². The lowest BCUT2D eigenvalue weighted by Crippen LogP contribution is -2.37. The van der Waals surface area contributed by atoms with Crippen molar-refractivity contribution in [1.29, 1.82) is 0 Å². The van der Waals surface area contributed by atoms with Crippen LogP contribution < -0.4 is 20.7 Å². The van der Waals surface area contributed by atoms with E-state index < -0.39 is 11.2 Å². The van der Waals surface area contributed by atoms with E-state index in [0.717, 1.165) is 21.4 Å². The maximum atomic E-state index is 13.1. The number of halogens is 2. The Bertz CT molecular complexity index is 1760. The van der Waals surface area contributed by atoms with Gasteiger partial charge in [-0.05, 0) is 42.3 Å². The molecule has 0 amide bonds. The highest BCUT2D eigenvalue weighted by molar-refractivity contribution is 6.36. The molecule has 0 saturated carbocycles. The van der Waals surface area contributed by atoms with Gasteiger partial charge in [0.2, 0.25) is 5.78 Å². The summed E-state index contributed by atoms with van der Waals surface area (Å²) in [7, 11) is 6.24. The van der Waals surface area contributed by atoms with E-state index in [0.29, 0.717) is 51.5 Å². The Labute approximate surface area is 215 Å². The Balaban J connectivity index is 1.72. The Kier molecular flexibility index (Phi) is 6.05. The molecule has 0 atom stereocenters. The average molecular weight is 528 g/mol. The van der Waals surface area contributed by atoms with Crippen LogP contribution in [-0.2, 0) is 27.1 Å². The summed E-state index contributed by atoms with van der Waals surface area (Å²) in [4.78, 5) is 30.3. The minimum absolute atomic E-state index is 0.311. The largest absolute Gasteiger partial charge is 0.493 e. The molecule has 5 aromatic rings. The van der Waals surface area contributed by atoms with E-state index in [1.54, 1.807) is 37.8 Å². The van der Waals surface area contributed by atoms with Gasteiger partial charge in [0.05, 0.1) is 24.9 Å². The van der Waals surface area contributed by atoms with Gasteiger partial charge in [-0.1, -0.05) is 29.3 Å². The lowest BCUT2D eigenvalue weighted by atomic mass is 10.1. The zero-order chi connectivity index (χ0) is 25.7. The highest BCUT2D eigenvalue weighted by Gasteiger charge is 2.22. The molecular formula is C25H23Cl2N5O4. The molecule has 0 fully saturated rings. The van der Waals surface area contributed by atoms with E-state index in [4.69, 9.17) is 37.7 Å². The topological polar surface area (TPSA) is 84.7 Å². The molecule has 0 aliphatic rings. The lowest BCUT2D eigenvalue weighted by Gasteiger charge is -2.12. The Morgan fingerprint density at radius 1 is 0.944 bits per heavy atom.